The van der Waals surface area contributed by atoms with E-state index in [-0.39, 0.29) is 6.61 Å². The zero-order valence-corrected chi connectivity index (χ0v) is 6.74. The minimum Gasteiger partial charge on any atom is -0.457 e. The Labute approximate surface area is 74.1 Å². The van der Waals surface area contributed by atoms with Crippen molar-refractivity contribution in [3.8, 4) is 0 Å². The van der Waals surface area contributed by atoms with Crippen molar-refractivity contribution < 1.29 is 18.3 Å². The molecule has 0 N–H and O–H groups in total. The molecule has 0 radical (unpaired) electrons. The van der Waals surface area contributed by atoms with Gasteiger partial charge in [-0.05, 0) is 5.56 Å². The van der Waals surface area contributed by atoms with Gasteiger partial charge in [0, 0.05) is 0 Å². The molecular weight excluding hydrogens is 178 g/mol. The first-order valence-electron chi connectivity index (χ1n) is 3.69. The molecule has 13 heavy (non-hydrogen) atoms. The first-order valence-corrected chi connectivity index (χ1v) is 3.69. The third-order valence-corrected chi connectivity index (χ3v) is 1.40. The van der Waals surface area contributed by atoms with Crippen LogP contribution in [0.2, 0.25) is 0 Å². The van der Waals surface area contributed by atoms with Gasteiger partial charge < -0.3 is 4.74 Å². The Bertz CT molecular complexity index is 272. The largest absolute Gasteiger partial charge is 0.457 e. The third kappa shape index (κ3) is 3.19. The second-order valence-corrected chi connectivity index (χ2v) is 2.39. The molecule has 1 aromatic carbocycles. The highest BCUT2D eigenvalue weighted by atomic mass is 19.3. The van der Waals surface area contributed by atoms with Crippen LogP contribution in [0.25, 0.3) is 0 Å². The lowest BCUT2D eigenvalue weighted by atomic mass is 10.2. The fourth-order valence-electron chi connectivity index (χ4n) is 0.792. The van der Waals surface area contributed by atoms with Gasteiger partial charge >= 0.3 is 12.4 Å². The highest BCUT2D eigenvalue weighted by molar-refractivity contribution is 5.72. The maximum atomic E-state index is 11.7. The highest BCUT2D eigenvalue weighted by Gasteiger charge is 2.16. The molecule has 0 aliphatic carbocycles. The number of rotatable bonds is 3. The maximum Gasteiger partial charge on any atom is 0.374 e. The molecule has 0 heterocycles. The fourth-order valence-corrected chi connectivity index (χ4v) is 0.792. The predicted octanol–water partition coefficient (Wildman–Crippen LogP) is 1.99. The van der Waals surface area contributed by atoms with Gasteiger partial charge in [-0.25, -0.2) is 4.79 Å². The van der Waals surface area contributed by atoms with Crippen molar-refractivity contribution in [3.05, 3.63) is 35.9 Å². The number of hydrogen-bond acceptors (Lipinski definition) is 2. The lowest BCUT2D eigenvalue weighted by Crippen LogP contribution is -2.13. The Morgan fingerprint density at radius 2 is 1.92 bits per heavy atom. The Balaban J connectivity index is 2.40. The second kappa shape index (κ2) is 4.54. The van der Waals surface area contributed by atoms with Crippen LogP contribution in [0, 0.1) is 0 Å². The summed E-state index contributed by atoms with van der Waals surface area (Å²) in [4.78, 5) is 10.3. The molecule has 0 aliphatic rings. The van der Waals surface area contributed by atoms with Gasteiger partial charge in [-0.1, -0.05) is 30.3 Å². The van der Waals surface area contributed by atoms with Crippen LogP contribution in [-0.4, -0.2) is 12.4 Å². The molecule has 0 unspecified atom stereocenters. The average molecular weight is 186 g/mol. The predicted molar refractivity (Wildman–Crippen MR) is 42.2 cm³/mol. The van der Waals surface area contributed by atoms with Gasteiger partial charge in [0.1, 0.15) is 6.61 Å². The summed E-state index contributed by atoms with van der Waals surface area (Å²) in [6.45, 7) is -0.107. The zero-order valence-electron chi connectivity index (χ0n) is 6.74. The number of benzene rings is 1. The Morgan fingerprint density at radius 3 is 2.46 bits per heavy atom. The van der Waals surface area contributed by atoms with Crippen LogP contribution in [-0.2, 0) is 16.1 Å². The Hall–Kier alpha value is -1.45. The Morgan fingerprint density at radius 1 is 1.31 bits per heavy atom. The molecule has 0 saturated carbocycles. The quantitative estimate of drug-likeness (QED) is 0.675. The minimum atomic E-state index is -3.05. The van der Waals surface area contributed by atoms with Crippen LogP contribution < -0.4 is 0 Å². The van der Waals surface area contributed by atoms with Crippen LogP contribution in [0.1, 0.15) is 5.56 Å². The van der Waals surface area contributed by atoms with Crippen molar-refractivity contribution in [3.63, 3.8) is 0 Å². The molecule has 1 aromatic rings. The van der Waals surface area contributed by atoms with E-state index >= 15 is 0 Å². The van der Waals surface area contributed by atoms with Gasteiger partial charge in [-0.3, -0.25) is 0 Å². The van der Waals surface area contributed by atoms with Crippen LogP contribution in [0.5, 0.6) is 0 Å². The van der Waals surface area contributed by atoms with Crippen molar-refractivity contribution in [2.24, 2.45) is 0 Å². The summed E-state index contributed by atoms with van der Waals surface area (Å²) < 4.78 is 27.6. The van der Waals surface area contributed by atoms with Gasteiger partial charge in [0.05, 0.1) is 0 Å². The van der Waals surface area contributed by atoms with Crippen molar-refractivity contribution >= 4 is 5.97 Å². The first-order chi connectivity index (χ1) is 6.20. The summed E-state index contributed by atoms with van der Waals surface area (Å²) in [5, 5.41) is 0. The SMILES string of the molecule is O=C(OCc1ccccc1)C(F)F. The lowest BCUT2D eigenvalue weighted by Gasteiger charge is -2.02. The van der Waals surface area contributed by atoms with E-state index in [4.69, 9.17) is 0 Å². The number of hydrogen-bond donors (Lipinski definition) is 0. The summed E-state index contributed by atoms with van der Waals surface area (Å²) in [6.07, 6.45) is -3.05. The van der Waals surface area contributed by atoms with Crippen LogP contribution in [0.3, 0.4) is 0 Å². The topological polar surface area (TPSA) is 26.3 Å². The molecule has 0 bridgehead atoms. The van der Waals surface area contributed by atoms with E-state index in [1.54, 1.807) is 30.3 Å². The molecule has 70 valence electrons. The normalized spacial score (nSPS) is 10.1. The summed E-state index contributed by atoms with van der Waals surface area (Å²) in [5.74, 6) is -1.48. The second-order valence-electron chi connectivity index (χ2n) is 2.39. The van der Waals surface area contributed by atoms with Crippen molar-refractivity contribution in [1.29, 1.82) is 0 Å². The van der Waals surface area contributed by atoms with E-state index in [2.05, 4.69) is 4.74 Å². The third-order valence-electron chi connectivity index (χ3n) is 1.40. The van der Waals surface area contributed by atoms with Crippen LogP contribution in [0.4, 0.5) is 8.78 Å². The van der Waals surface area contributed by atoms with Gasteiger partial charge in [-0.2, -0.15) is 8.78 Å². The standard InChI is InChI=1S/C9H8F2O2/c10-8(11)9(12)13-6-7-4-2-1-3-5-7/h1-5,8H,6H2. The van der Waals surface area contributed by atoms with E-state index < -0.39 is 12.4 Å². The number of carbonyl (C=O) groups excluding carboxylic acids is 1. The molecule has 0 aliphatic heterocycles. The number of ether oxygens (including phenoxy) is 1. The number of alkyl halides is 2. The lowest BCUT2D eigenvalue weighted by molar-refractivity contribution is -0.157. The van der Waals surface area contributed by atoms with Crippen molar-refractivity contribution in [2.45, 2.75) is 13.0 Å². The van der Waals surface area contributed by atoms with E-state index in [1.165, 1.54) is 0 Å². The molecular formula is C9H8F2O2. The van der Waals surface area contributed by atoms with E-state index in [0.29, 0.717) is 5.56 Å². The maximum absolute atomic E-state index is 11.7. The van der Waals surface area contributed by atoms with Crippen molar-refractivity contribution in [1.82, 2.24) is 0 Å². The molecule has 1 rings (SSSR count). The van der Waals surface area contributed by atoms with Gasteiger partial charge in [0.15, 0.2) is 0 Å². The number of halogens is 2. The van der Waals surface area contributed by atoms with E-state index in [0.717, 1.165) is 0 Å². The Kier molecular flexibility index (Phi) is 3.37. The van der Waals surface area contributed by atoms with Gasteiger partial charge in [-0.15, -0.1) is 0 Å². The monoisotopic (exact) mass is 186 g/mol. The molecule has 0 amide bonds. The van der Waals surface area contributed by atoms with Gasteiger partial charge in [0.25, 0.3) is 0 Å². The average Bonchev–Trinajstić information content (AvgIpc) is 2.15. The van der Waals surface area contributed by atoms with E-state index in [1.807, 2.05) is 0 Å². The summed E-state index contributed by atoms with van der Waals surface area (Å²) in [6, 6.07) is 8.66. The summed E-state index contributed by atoms with van der Waals surface area (Å²) in [7, 11) is 0. The van der Waals surface area contributed by atoms with Gasteiger partial charge in [0.2, 0.25) is 0 Å². The molecule has 0 aromatic heterocycles. The molecule has 2 nitrogen and oxygen atoms in total. The molecule has 0 spiro atoms. The zero-order chi connectivity index (χ0) is 9.68. The summed E-state index contributed by atoms with van der Waals surface area (Å²) in [5.41, 5.74) is 0.691. The molecule has 0 fully saturated rings. The first kappa shape index (κ1) is 9.64. The molecule has 0 atom stereocenters. The smallest absolute Gasteiger partial charge is 0.374 e. The molecule has 4 heteroatoms. The van der Waals surface area contributed by atoms with Crippen molar-refractivity contribution in [2.75, 3.05) is 0 Å². The number of esters is 1. The molecule has 0 saturated heterocycles. The van der Waals surface area contributed by atoms with Crippen LogP contribution in [0.15, 0.2) is 30.3 Å². The minimum absolute atomic E-state index is 0.107. The number of carbonyl (C=O) groups is 1. The fraction of sp³-hybridized carbons (Fsp3) is 0.222. The summed E-state index contributed by atoms with van der Waals surface area (Å²) >= 11 is 0. The van der Waals surface area contributed by atoms with Crippen LogP contribution >= 0.6 is 0 Å². The highest BCUT2D eigenvalue weighted by Crippen LogP contribution is 2.03. The van der Waals surface area contributed by atoms with E-state index in [9.17, 15) is 13.6 Å².